The molecule has 0 amide bonds. The Kier molecular flexibility index (Phi) is 12.5. The Morgan fingerprint density at radius 1 is 0.659 bits per heavy atom. The van der Waals surface area contributed by atoms with Gasteiger partial charge in [0.15, 0.2) is 0 Å². The Balaban J connectivity index is 0.000000584. The molecule has 6 heteroatoms. The minimum atomic E-state index is -4.39. The van der Waals surface area contributed by atoms with E-state index in [9.17, 15) is 0 Å². The zero-order chi connectivity index (χ0) is 30.6. The molecular formula is C35H54Cl4Zr2. The first-order valence-electron chi connectivity index (χ1n) is 14.5. The van der Waals surface area contributed by atoms with Crippen LogP contribution >= 0.6 is 17.0 Å². The van der Waals surface area contributed by atoms with E-state index < -0.39 is 13.4 Å². The molecule has 0 bridgehead atoms. The summed E-state index contributed by atoms with van der Waals surface area (Å²) in [7, 11) is 13.5. The van der Waals surface area contributed by atoms with Crippen molar-refractivity contribution in [3.8, 4) is 0 Å². The summed E-state index contributed by atoms with van der Waals surface area (Å²) in [5.74, 6) is 0. The Labute approximate surface area is 282 Å². The molecule has 4 rings (SSSR count). The fraction of sp³-hybridized carbons (Fsp3) is 0.543. The van der Waals surface area contributed by atoms with Crippen molar-refractivity contribution in [2.75, 3.05) is 0 Å². The number of rotatable bonds is 2. The van der Waals surface area contributed by atoms with Gasteiger partial charge in [0.1, 0.15) is 0 Å². The van der Waals surface area contributed by atoms with E-state index in [-0.39, 0.29) is 24.8 Å². The van der Waals surface area contributed by atoms with Gasteiger partial charge in [-0.1, -0.05) is 11.1 Å². The van der Waals surface area contributed by atoms with Crippen molar-refractivity contribution in [2.45, 2.75) is 114 Å². The van der Waals surface area contributed by atoms with Crippen LogP contribution in [0.5, 0.6) is 0 Å². The summed E-state index contributed by atoms with van der Waals surface area (Å²) in [6, 6.07) is 0. The van der Waals surface area contributed by atoms with Crippen molar-refractivity contribution in [1.82, 2.24) is 0 Å². The second-order valence-corrected chi connectivity index (χ2v) is 71.0. The maximum absolute atomic E-state index is 6.75. The fourth-order valence-corrected chi connectivity index (χ4v) is 13.2. The van der Waals surface area contributed by atoms with E-state index in [0.29, 0.717) is 5.41 Å². The Bertz CT molecular complexity index is 1300. The van der Waals surface area contributed by atoms with Crippen LogP contribution in [-0.2, 0) is 38.1 Å². The van der Waals surface area contributed by atoms with E-state index in [0.717, 1.165) is 6.42 Å². The maximum atomic E-state index is 6.75. The van der Waals surface area contributed by atoms with Crippen LogP contribution in [0.2, 0.25) is 18.5 Å². The van der Waals surface area contributed by atoms with E-state index in [1.54, 1.807) is 55.9 Å². The van der Waals surface area contributed by atoms with Gasteiger partial charge >= 0.3 is 162 Å². The standard InChI is InChI=1S/C16H22.C10H15.C5H5.4CH3.4ClH.2Zr/c1-9-7-15(13(5)11(9)3)16-8-10(2)12(4)14(16)6;1-7-6-10(4,5)9(3)8(7)2;1-2-4-5-3-1;;;;;;;;;;/h7-8H2,1-6H3;1-5H3;1-3H,4H2;4*1H3;4*1H;;/q;;;;;;;;;;;2*+2/p-4. The van der Waals surface area contributed by atoms with E-state index in [1.807, 2.05) is 24.6 Å². The molecule has 0 atom stereocenters. The molecule has 0 heterocycles. The van der Waals surface area contributed by atoms with Gasteiger partial charge in [-0.3, -0.25) is 0 Å². The molecule has 0 radical (unpaired) electrons. The number of allylic oxidation sites excluding steroid dienone is 16. The molecule has 0 aromatic carbocycles. The smallest absolute Gasteiger partial charge is 1.00 e. The minimum absolute atomic E-state index is 0. The molecule has 0 spiro atoms. The van der Waals surface area contributed by atoms with Crippen LogP contribution in [0.25, 0.3) is 0 Å². The second-order valence-electron chi connectivity index (χ2n) is 16.3. The summed E-state index contributed by atoms with van der Waals surface area (Å²) in [5, 5.41) is 0. The number of halogens is 4. The van der Waals surface area contributed by atoms with Crippen LogP contribution < -0.4 is 24.8 Å². The molecule has 0 aromatic heterocycles. The van der Waals surface area contributed by atoms with E-state index >= 15 is 0 Å². The molecular weight excluding hydrogens is 745 g/mol. The molecule has 0 unspecified atom stereocenters. The minimum Gasteiger partial charge on any atom is -1.00 e. The van der Waals surface area contributed by atoms with Gasteiger partial charge in [-0.05, 0) is 87.8 Å². The normalized spacial score (nSPS) is 22.8. The van der Waals surface area contributed by atoms with Crippen LogP contribution in [-0.4, -0.2) is 0 Å². The molecule has 0 saturated heterocycles. The van der Waals surface area contributed by atoms with E-state index in [4.69, 9.17) is 17.0 Å². The predicted octanol–water partition coefficient (Wildman–Crippen LogP) is 7.38. The van der Waals surface area contributed by atoms with Gasteiger partial charge in [0.2, 0.25) is 0 Å². The quantitative estimate of drug-likeness (QED) is 0.274. The molecule has 230 valence electrons. The van der Waals surface area contributed by atoms with Gasteiger partial charge in [0.05, 0.1) is 0 Å². The van der Waals surface area contributed by atoms with Gasteiger partial charge in [0, 0.05) is 0 Å². The number of hydrogen-bond acceptors (Lipinski definition) is 0. The first kappa shape index (κ1) is 41.8. The third-order valence-corrected chi connectivity index (χ3v) is 23.7. The molecule has 4 aliphatic carbocycles. The first-order chi connectivity index (χ1) is 17.1. The largest absolute Gasteiger partial charge is 1.00 e. The summed E-state index contributed by atoms with van der Waals surface area (Å²) >= 11 is -2.81. The van der Waals surface area contributed by atoms with E-state index in [2.05, 4.69) is 88.3 Å². The average molecular weight is 799 g/mol. The molecule has 0 saturated carbocycles. The van der Waals surface area contributed by atoms with Gasteiger partial charge in [0.25, 0.3) is 0 Å². The fourth-order valence-electron chi connectivity index (χ4n) is 5.74. The van der Waals surface area contributed by atoms with Crippen molar-refractivity contribution < 1.29 is 63.0 Å². The van der Waals surface area contributed by atoms with Crippen LogP contribution in [0.4, 0.5) is 0 Å². The third kappa shape index (κ3) is 9.67. The van der Waals surface area contributed by atoms with Crippen molar-refractivity contribution in [2.24, 2.45) is 5.41 Å². The first-order valence-corrected chi connectivity index (χ1v) is 33.1. The molecule has 0 fully saturated rings. The van der Waals surface area contributed by atoms with Gasteiger partial charge in [-0.2, -0.15) is 0 Å². The van der Waals surface area contributed by atoms with Crippen LogP contribution in [0.15, 0.2) is 86.1 Å². The van der Waals surface area contributed by atoms with E-state index in [1.165, 1.54) is 49.6 Å². The Hall–Kier alpha value is 0.846. The Morgan fingerprint density at radius 3 is 1.20 bits per heavy atom. The van der Waals surface area contributed by atoms with Crippen molar-refractivity contribution in [1.29, 1.82) is 0 Å². The van der Waals surface area contributed by atoms with Crippen LogP contribution in [0, 0.1) is 5.41 Å². The summed E-state index contributed by atoms with van der Waals surface area (Å²) < 4.78 is 11.0. The summed E-state index contributed by atoms with van der Waals surface area (Å²) in [6.45, 7) is 25.0. The topological polar surface area (TPSA) is 0 Å². The third-order valence-electron chi connectivity index (χ3n) is 9.92. The van der Waals surface area contributed by atoms with Crippen molar-refractivity contribution in [3.63, 3.8) is 0 Å². The van der Waals surface area contributed by atoms with Crippen LogP contribution in [0.3, 0.4) is 0 Å². The second kappa shape index (κ2) is 12.2. The average Bonchev–Trinajstić information content (AvgIpc) is 3.52. The molecule has 4 aliphatic rings. The zero-order valence-corrected chi connectivity index (χ0v) is 36.3. The van der Waals surface area contributed by atoms with Gasteiger partial charge in [-0.25, -0.2) is 0 Å². The predicted molar refractivity (Wildman–Crippen MR) is 173 cm³/mol. The van der Waals surface area contributed by atoms with Crippen molar-refractivity contribution in [3.05, 3.63) is 86.1 Å². The molecule has 0 nitrogen and oxygen atoms in total. The molecule has 0 N–H and O–H groups in total. The zero-order valence-electron chi connectivity index (χ0n) is 28.4. The monoisotopic (exact) mass is 794 g/mol. The molecule has 41 heavy (non-hydrogen) atoms. The summed E-state index contributed by atoms with van der Waals surface area (Å²) in [5.41, 5.74) is 17.3. The molecule has 0 aliphatic heterocycles. The summed E-state index contributed by atoms with van der Waals surface area (Å²) in [6.07, 6.45) is 9.46. The van der Waals surface area contributed by atoms with Crippen molar-refractivity contribution >= 4 is 17.0 Å². The Morgan fingerprint density at radius 2 is 1.05 bits per heavy atom. The molecule has 0 aromatic rings. The SMILES string of the molecule is CC1=C(C)C(C)(C)[C]([Zr+2])=C1C.CC1=C(C)C(C)=C(C2=C(C)C(C)=C(C)C2)C1.[CH3][Zr]([CH3])([CH3])([CH3])([Cl])([Cl])[C]1=CC=CC1.[Cl-].[Cl-]. The summed E-state index contributed by atoms with van der Waals surface area (Å²) in [4.78, 5) is 0. The van der Waals surface area contributed by atoms with Gasteiger partial charge in [-0.15, -0.1) is 0 Å². The van der Waals surface area contributed by atoms with Gasteiger partial charge < -0.3 is 24.8 Å². The van der Waals surface area contributed by atoms with Crippen LogP contribution in [0.1, 0.15) is 95.4 Å². The number of hydrogen-bond donors (Lipinski definition) is 0. The maximum Gasteiger partial charge on any atom is -1.00 e.